The molecule has 0 aliphatic heterocycles. The van der Waals surface area contributed by atoms with Crippen LogP contribution >= 0.6 is 35.4 Å². The van der Waals surface area contributed by atoms with Crippen LogP contribution in [-0.4, -0.2) is 29.3 Å². The number of carbonyl (C=O) groups excluding carboxylic acids is 2. The fourth-order valence-corrected chi connectivity index (χ4v) is 4.37. The lowest BCUT2D eigenvalue weighted by molar-refractivity contribution is 0.0732. The number of nitrogens with zero attached hydrogens (tertiary/aromatic N) is 1. The molecule has 0 saturated heterocycles. The van der Waals surface area contributed by atoms with Crippen LogP contribution < -0.4 is 20.2 Å². The lowest BCUT2D eigenvalue weighted by atomic mass is 9.96. The van der Waals surface area contributed by atoms with Gasteiger partial charge in [-0.2, -0.15) is 5.10 Å². The van der Waals surface area contributed by atoms with Crippen molar-refractivity contribution in [3.63, 3.8) is 0 Å². The van der Waals surface area contributed by atoms with Crippen LogP contribution in [0.5, 0.6) is 11.5 Å². The molecule has 7 nitrogen and oxygen atoms in total. The Labute approximate surface area is 236 Å². The summed E-state index contributed by atoms with van der Waals surface area (Å²) in [6, 6.07) is 17.6. The number of esters is 2. The van der Waals surface area contributed by atoms with E-state index < -0.39 is 11.9 Å². The predicted octanol–water partition coefficient (Wildman–Crippen LogP) is 6.56. The highest BCUT2D eigenvalue weighted by Crippen LogP contribution is 2.26. The van der Waals surface area contributed by atoms with E-state index in [1.807, 2.05) is 0 Å². The van der Waals surface area contributed by atoms with Gasteiger partial charge in [0, 0.05) is 27.7 Å². The molecule has 3 aromatic carbocycles. The first kappa shape index (κ1) is 27.6. The molecule has 4 rings (SSSR count). The van der Waals surface area contributed by atoms with Gasteiger partial charge in [0.05, 0.1) is 17.3 Å². The number of rotatable bonds is 7. The minimum atomic E-state index is -0.611. The lowest BCUT2D eigenvalue weighted by Gasteiger charge is -2.23. The molecule has 1 aliphatic carbocycles. The van der Waals surface area contributed by atoms with Gasteiger partial charge in [-0.1, -0.05) is 42.5 Å². The minimum Gasteiger partial charge on any atom is -0.423 e. The second-order valence-corrected chi connectivity index (χ2v) is 9.95. The van der Waals surface area contributed by atoms with Crippen LogP contribution in [0, 0.1) is 0 Å². The summed E-state index contributed by atoms with van der Waals surface area (Å²) in [6.45, 7) is 0. The number of hydrazone groups is 1. The molecule has 1 saturated carbocycles. The first-order valence-corrected chi connectivity index (χ1v) is 13.2. The second-order valence-electron chi connectivity index (χ2n) is 8.67. The molecule has 0 bridgehead atoms. The molecular weight excluding hydrogens is 545 g/mol. The summed E-state index contributed by atoms with van der Waals surface area (Å²) in [5, 5.41) is 8.89. The Morgan fingerprint density at radius 2 is 1.42 bits per heavy atom. The van der Waals surface area contributed by atoms with Crippen molar-refractivity contribution in [1.82, 2.24) is 10.7 Å². The van der Waals surface area contributed by atoms with Crippen LogP contribution in [0.3, 0.4) is 0 Å². The first-order valence-electron chi connectivity index (χ1n) is 12.1. The highest BCUT2D eigenvalue weighted by Gasteiger charge is 2.16. The summed E-state index contributed by atoms with van der Waals surface area (Å²) in [7, 11) is 0. The predicted molar refractivity (Wildman–Crippen MR) is 153 cm³/mol. The van der Waals surface area contributed by atoms with Gasteiger partial charge in [-0.25, -0.2) is 9.59 Å². The van der Waals surface area contributed by atoms with Crippen molar-refractivity contribution < 1.29 is 19.1 Å². The van der Waals surface area contributed by atoms with E-state index in [1.54, 1.807) is 60.7 Å². The molecule has 1 aliphatic rings. The van der Waals surface area contributed by atoms with Crippen LogP contribution in [-0.2, 0) is 0 Å². The number of hydrogen-bond donors (Lipinski definition) is 2. The van der Waals surface area contributed by atoms with Gasteiger partial charge in [-0.15, -0.1) is 0 Å². The van der Waals surface area contributed by atoms with E-state index in [1.165, 1.54) is 31.5 Å². The summed E-state index contributed by atoms with van der Waals surface area (Å²) in [6.07, 6.45) is 7.24. The zero-order chi connectivity index (χ0) is 26.9. The van der Waals surface area contributed by atoms with E-state index in [0.717, 1.165) is 12.8 Å². The number of benzene rings is 3. The Bertz CT molecular complexity index is 1320. The Hall–Kier alpha value is -3.46. The third kappa shape index (κ3) is 8.02. The maximum absolute atomic E-state index is 12.8. The smallest absolute Gasteiger partial charge is 0.343 e. The fourth-order valence-electron chi connectivity index (χ4n) is 3.89. The molecule has 196 valence electrons. The fraction of sp³-hybridized carbons (Fsp3) is 0.214. The van der Waals surface area contributed by atoms with Crippen molar-refractivity contribution in [3.8, 4) is 11.5 Å². The number of nitrogens with one attached hydrogen (secondary N) is 2. The SMILES string of the molecule is O=C(Oc1ccc(/C=N\NC(=S)NC2CCCCC2)c(OC(=O)c2ccc(Cl)cc2)c1)c1ccc(Cl)cc1. The van der Waals surface area contributed by atoms with Crippen molar-refractivity contribution >= 4 is 58.7 Å². The van der Waals surface area contributed by atoms with Gasteiger partial charge in [-0.05, 0) is 85.7 Å². The molecule has 0 atom stereocenters. The summed E-state index contributed by atoms with van der Waals surface area (Å²) < 4.78 is 11.1. The van der Waals surface area contributed by atoms with Crippen molar-refractivity contribution in [3.05, 3.63) is 93.5 Å². The Morgan fingerprint density at radius 3 is 2.03 bits per heavy atom. The van der Waals surface area contributed by atoms with Gasteiger partial charge in [-0.3, -0.25) is 5.43 Å². The average molecular weight is 570 g/mol. The lowest BCUT2D eigenvalue weighted by Crippen LogP contribution is -2.40. The van der Waals surface area contributed by atoms with Crippen LogP contribution in [0.4, 0.5) is 0 Å². The number of halogens is 2. The topological polar surface area (TPSA) is 89.0 Å². The molecule has 0 heterocycles. The van der Waals surface area contributed by atoms with E-state index in [2.05, 4.69) is 15.8 Å². The van der Waals surface area contributed by atoms with Crippen molar-refractivity contribution in [1.29, 1.82) is 0 Å². The van der Waals surface area contributed by atoms with Crippen molar-refractivity contribution in [2.75, 3.05) is 0 Å². The normalized spacial score (nSPS) is 13.6. The van der Waals surface area contributed by atoms with Crippen LogP contribution in [0.25, 0.3) is 0 Å². The minimum absolute atomic E-state index is 0.142. The molecule has 2 N–H and O–H groups in total. The van der Waals surface area contributed by atoms with E-state index in [4.69, 9.17) is 44.9 Å². The number of ether oxygens (including phenoxy) is 2. The Morgan fingerprint density at radius 1 is 0.842 bits per heavy atom. The molecule has 3 aromatic rings. The number of hydrogen-bond acceptors (Lipinski definition) is 6. The van der Waals surface area contributed by atoms with Crippen molar-refractivity contribution in [2.24, 2.45) is 5.10 Å². The van der Waals surface area contributed by atoms with Gasteiger partial charge < -0.3 is 14.8 Å². The molecule has 0 radical (unpaired) electrons. The largest absolute Gasteiger partial charge is 0.423 e. The molecule has 0 spiro atoms. The standard InChI is InChI=1S/C28H25Cl2N3O4S/c29-21-11-6-18(7-12-21)26(34)36-24-15-10-20(17-31-33-28(38)32-23-4-2-1-3-5-23)25(16-24)37-27(35)19-8-13-22(30)14-9-19/h6-17,23H,1-5H2,(H2,32,33,38)/b31-17-. The highest BCUT2D eigenvalue weighted by atomic mass is 35.5. The van der Waals surface area contributed by atoms with Gasteiger partial charge in [0.2, 0.25) is 0 Å². The van der Waals surface area contributed by atoms with E-state index in [9.17, 15) is 9.59 Å². The molecule has 0 aromatic heterocycles. The van der Waals surface area contributed by atoms with Gasteiger partial charge in [0.1, 0.15) is 11.5 Å². The van der Waals surface area contributed by atoms with Crippen molar-refractivity contribution in [2.45, 2.75) is 38.1 Å². The van der Waals surface area contributed by atoms with E-state index in [0.29, 0.717) is 37.9 Å². The quantitative estimate of drug-likeness (QED) is 0.109. The average Bonchev–Trinajstić information content (AvgIpc) is 2.91. The van der Waals surface area contributed by atoms with E-state index >= 15 is 0 Å². The summed E-state index contributed by atoms with van der Waals surface area (Å²) in [4.78, 5) is 25.4. The summed E-state index contributed by atoms with van der Waals surface area (Å²) in [5.74, 6) is -0.870. The third-order valence-corrected chi connectivity index (χ3v) is 6.58. The maximum atomic E-state index is 12.8. The maximum Gasteiger partial charge on any atom is 0.343 e. The molecule has 10 heteroatoms. The molecular formula is C28H25Cl2N3O4S. The zero-order valence-electron chi connectivity index (χ0n) is 20.3. The van der Waals surface area contributed by atoms with Gasteiger partial charge >= 0.3 is 11.9 Å². The van der Waals surface area contributed by atoms with Gasteiger partial charge in [0.25, 0.3) is 0 Å². The van der Waals surface area contributed by atoms with Crippen LogP contribution in [0.2, 0.25) is 10.0 Å². The monoisotopic (exact) mass is 569 g/mol. The summed E-state index contributed by atoms with van der Waals surface area (Å²) in [5.41, 5.74) is 3.90. The van der Waals surface area contributed by atoms with Crippen LogP contribution in [0.1, 0.15) is 58.4 Å². The Balaban J connectivity index is 1.50. The summed E-state index contributed by atoms with van der Waals surface area (Å²) >= 11 is 17.2. The first-order chi connectivity index (χ1) is 18.4. The molecule has 0 unspecified atom stereocenters. The highest BCUT2D eigenvalue weighted by molar-refractivity contribution is 7.80. The molecule has 38 heavy (non-hydrogen) atoms. The molecule has 0 amide bonds. The van der Waals surface area contributed by atoms with Crippen LogP contribution in [0.15, 0.2) is 71.8 Å². The third-order valence-electron chi connectivity index (χ3n) is 5.87. The zero-order valence-corrected chi connectivity index (χ0v) is 22.6. The van der Waals surface area contributed by atoms with E-state index in [-0.39, 0.29) is 11.5 Å². The number of thiocarbonyl (C=S) groups is 1. The Kier molecular flexibility index (Phi) is 9.70. The number of carbonyl (C=O) groups is 2. The molecule has 1 fully saturated rings. The van der Waals surface area contributed by atoms with Gasteiger partial charge in [0.15, 0.2) is 5.11 Å². The second kappa shape index (κ2) is 13.4.